The molecule has 0 fully saturated rings. The summed E-state index contributed by atoms with van der Waals surface area (Å²) in [6, 6.07) is 11.9. The van der Waals surface area contributed by atoms with Crippen LogP contribution in [-0.4, -0.2) is 15.1 Å². The highest BCUT2D eigenvalue weighted by molar-refractivity contribution is 7.19. The van der Waals surface area contributed by atoms with Gasteiger partial charge in [0.15, 0.2) is 0 Å². The lowest BCUT2D eigenvalue weighted by Crippen LogP contribution is -2.07. The van der Waals surface area contributed by atoms with Crippen LogP contribution in [0.3, 0.4) is 0 Å². The number of benzene rings is 1. The normalized spacial score (nSPS) is 11.8. The molecule has 0 saturated heterocycles. The molecule has 0 saturated carbocycles. The van der Waals surface area contributed by atoms with Gasteiger partial charge in [0.2, 0.25) is 0 Å². The first-order chi connectivity index (χ1) is 11.1. The van der Waals surface area contributed by atoms with E-state index in [1.165, 1.54) is 18.3 Å². The average Bonchev–Trinajstić information content (AvgIpc) is 2.56. The second-order valence-corrected chi connectivity index (χ2v) is 5.94. The largest absolute Gasteiger partial charge is 0.506 e. The van der Waals surface area contributed by atoms with Crippen molar-refractivity contribution in [1.29, 1.82) is 5.26 Å². The zero-order chi connectivity index (χ0) is 16.4. The van der Waals surface area contributed by atoms with Gasteiger partial charge in [0, 0.05) is 16.5 Å². The van der Waals surface area contributed by atoms with Crippen molar-refractivity contribution in [3.63, 3.8) is 0 Å². The van der Waals surface area contributed by atoms with E-state index in [-0.39, 0.29) is 21.5 Å². The Bertz CT molecular complexity index is 1020. The second kappa shape index (κ2) is 6.16. The van der Waals surface area contributed by atoms with E-state index in [4.69, 9.17) is 11.6 Å². The molecule has 23 heavy (non-hydrogen) atoms. The summed E-state index contributed by atoms with van der Waals surface area (Å²) < 4.78 is 0.692. The molecule has 3 rings (SSSR count). The van der Waals surface area contributed by atoms with E-state index in [1.807, 2.05) is 6.07 Å². The third kappa shape index (κ3) is 2.93. The fraction of sp³-hybridized carbons (Fsp3) is 0. The summed E-state index contributed by atoms with van der Waals surface area (Å²) in [7, 11) is 0. The molecule has 0 aliphatic rings. The van der Waals surface area contributed by atoms with Gasteiger partial charge >= 0.3 is 0 Å². The third-order valence-corrected chi connectivity index (χ3v) is 4.38. The number of hydrogen-bond donors (Lipinski definition) is 1. The first-order valence-electron chi connectivity index (χ1n) is 6.45. The average molecular weight is 342 g/mol. The van der Waals surface area contributed by atoms with Crippen molar-refractivity contribution in [2.75, 3.05) is 0 Å². The Morgan fingerprint density at radius 2 is 2.04 bits per heavy atom. The summed E-state index contributed by atoms with van der Waals surface area (Å²) in [6.45, 7) is 0. The van der Waals surface area contributed by atoms with E-state index in [2.05, 4.69) is 9.97 Å². The van der Waals surface area contributed by atoms with Crippen molar-refractivity contribution in [3.8, 4) is 6.07 Å². The van der Waals surface area contributed by atoms with Crippen LogP contribution < -0.4 is 5.56 Å². The van der Waals surface area contributed by atoms with Crippen molar-refractivity contribution >= 4 is 44.4 Å². The van der Waals surface area contributed by atoms with Gasteiger partial charge < -0.3 is 5.11 Å². The molecule has 0 bridgehead atoms. The number of nitrogens with zero attached hydrogens (tertiary/aromatic N) is 3. The van der Waals surface area contributed by atoms with Gasteiger partial charge in [-0.15, -0.1) is 11.3 Å². The van der Waals surface area contributed by atoms with Crippen molar-refractivity contribution < 1.29 is 5.11 Å². The highest BCUT2D eigenvalue weighted by Gasteiger charge is 2.15. The van der Waals surface area contributed by atoms with E-state index >= 15 is 0 Å². The summed E-state index contributed by atoms with van der Waals surface area (Å²) in [5.74, 6) is -0.296. The number of allylic oxidation sites excluding steroid dienone is 1. The Morgan fingerprint density at radius 3 is 2.74 bits per heavy atom. The third-order valence-electron chi connectivity index (χ3n) is 3.09. The Labute approximate surface area is 139 Å². The number of rotatable bonds is 2. The molecule has 2 heterocycles. The van der Waals surface area contributed by atoms with Crippen LogP contribution in [0, 0.1) is 11.3 Å². The van der Waals surface area contributed by atoms with E-state index in [0.29, 0.717) is 15.6 Å². The fourth-order valence-corrected chi connectivity index (χ4v) is 3.09. The summed E-state index contributed by atoms with van der Waals surface area (Å²) in [5, 5.41) is 20.6. The van der Waals surface area contributed by atoms with Crippen LogP contribution >= 0.6 is 22.9 Å². The lowest BCUT2D eigenvalue weighted by atomic mass is 10.1. The molecule has 5 nitrogen and oxygen atoms in total. The van der Waals surface area contributed by atoms with Gasteiger partial charge in [0.1, 0.15) is 27.6 Å². The van der Waals surface area contributed by atoms with E-state index in [1.54, 1.807) is 24.3 Å². The molecule has 0 amide bonds. The fourth-order valence-electron chi connectivity index (χ4n) is 1.98. The predicted molar refractivity (Wildman–Crippen MR) is 90.2 cm³/mol. The van der Waals surface area contributed by atoms with Crippen molar-refractivity contribution in [3.05, 3.63) is 68.7 Å². The van der Waals surface area contributed by atoms with Crippen molar-refractivity contribution in [1.82, 2.24) is 9.97 Å². The van der Waals surface area contributed by atoms with Crippen LogP contribution in [0.25, 0.3) is 21.4 Å². The summed E-state index contributed by atoms with van der Waals surface area (Å²) in [6.07, 6.45) is 1.35. The Hall–Kier alpha value is -2.75. The highest BCUT2D eigenvalue weighted by Crippen LogP contribution is 2.27. The van der Waals surface area contributed by atoms with Crippen LogP contribution in [0.4, 0.5) is 0 Å². The molecule has 1 aromatic carbocycles. The van der Waals surface area contributed by atoms with Gasteiger partial charge in [-0.05, 0) is 24.3 Å². The van der Waals surface area contributed by atoms with E-state index < -0.39 is 5.56 Å². The molecule has 0 unspecified atom stereocenters. The summed E-state index contributed by atoms with van der Waals surface area (Å²) in [5.41, 5.74) is -0.202. The minimum Gasteiger partial charge on any atom is -0.506 e. The zero-order valence-corrected chi connectivity index (χ0v) is 13.1. The predicted octanol–water partition coefficient (Wildman–Crippen LogP) is 3.65. The highest BCUT2D eigenvalue weighted by atomic mass is 35.5. The van der Waals surface area contributed by atoms with E-state index in [0.717, 1.165) is 11.3 Å². The van der Waals surface area contributed by atoms with Crippen LogP contribution in [0.2, 0.25) is 5.15 Å². The topological polar surface area (TPSA) is 86.9 Å². The Balaban J connectivity index is 2.22. The van der Waals surface area contributed by atoms with Gasteiger partial charge in [-0.1, -0.05) is 23.7 Å². The number of aliphatic hydroxyl groups is 1. The van der Waals surface area contributed by atoms with Gasteiger partial charge in [0.05, 0.1) is 5.39 Å². The number of nitriles is 1. The van der Waals surface area contributed by atoms with Gasteiger partial charge in [-0.3, -0.25) is 4.79 Å². The van der Waals surface area contributed by atoms with Crippen molar-refractivity contribution in [2.24, 2.45) is 0 Å². The molecule has 2 aromatic heterocycles. The van der Waals surface area contributed by atoms with Crippen molar-refractivity contribution in [2.45, 2.75) is 0 Å². The number of aromatic nitrogens is 2. The molecule has 1 N–H and O–H groups in total. The quantitative estimate of drug-likeness (QED) is 0.436. The molecule has 0 aliphatic heterocycles. The number of fused-ring (bicyclic) bond motifs is 1. The maximum Gasteiger partial charge on any atom is 0.279 e. The maximum absolute atomic E-state index is 12.1. The second-order valence-electron chi connectivity index (χ2n) is 4.53. The molecular weight excluding hydrogens is 334 g/mol. The molecule has 0 spiro atoms. The molecule has 3 aromatic rings. The minimum absolute atomic E-state index is 0.0815. The number of hydrogen-bond acceptors (Lipinski definition) is 6. The smallest absolute Gasteiger partial charge is 0.279 e. The summed E-state index contributed by atoms with van der Waals surface area (Å²) >= 11 is 6.87. The number of aliphatic hydroxyl groups excluding tert-OH is 1. The standard InChI is InChI=1S/C16H8ClN3O2S/c17-13-6-5-9(8-19-13)14(21)11(7-18)16-20-15(22)10-3-1-2-4-12(10)23-16/h1-6,8,21H. The van der Waals surface area contributed by atoms with Crippen LogP contribution in [-0.2, 0) is 0 Å². The Kier molecular flexibility index (Phi) is 4.06. The minimum atomic E-state index is -0.441. The number of halogens is 1. The number of pyridine rings is 1. The monoisotopic (exact) mass is 341 g/mol. The first-order valence-corrected chi connectivity index (χ1v) is 7.65. The summed E-state index contributed by atoms with van der Waals surface area (Å²) in [4.78, 5) is 19.8. The van der Waals surface area contributed by atoms with Crippen LogP contribution in [0.15, 0.2) is 47.4 Å². The lowest BCUT2D eigenvalue weighted by molar-refractivity contribution is 0.513. The molecular formula is C16H8ClN3O2S. The van der Waals surface area contributed by atoms with Crippen LogP contribution in [0.5, 0.6) is 0 Å². The first kappa shape index (κ1) is 15.2. The molecule has 0 aliphatic carbocycles. The molecule has 7 heteroatoms. The zero-order valence-electron chi connectivity index (χ0n) is 11.5. The SMILES string of the molecule is N#CC(=C(O)c1ccc(Cl)nc1)c1nc(=O)c2ccccc2s1. The molecule has 0 radical (unpaired) electrons. The molecule has 112 valence electrons. The lowest BCUT2D eigenvalue weighted by Gasteiger charge is -2.04. The van der Waals surface area contributed by atoms with Gasteiger partial charge in [-0.2, -0.15) is 10.2 Å². The van der Waals surface area contributed by atoms with Gasteiger partial charge in [-0.25, -0.2) is 4.98 Å². The van der Waals surface area contributed by atoms with Crippen LogP contribution in [0.1, 0.15) is 10.6 Å². The molecule has 0 atom stereocenters. The van der Waals surface area contributed by atoms with E-state index in [9.17, 15) is 15.2 Å². The Morgan fingerprint density at radius 1 is 1.26 bits per heavy atom. The van der Waals surface area contributed by atoms with Gasteiger partial charge in [0.25, 0.3) is 5.56 Å². The maximum atomic E-state index is 12.1.